The largest absolute Gasteiger partial charge is 0.369 e. The van der Waals surface area contributed by atoms with Crippen molar-refractivity contribution in [1.82, 2.24) is 19.2 Å². The van der Waals surface area contributed by atoms with Crippen molar-refractivity contribution in [3.8, 4) is 46.1 Å². The number of aliphatic hydroxyl groups is 2. The van der Waals surface area contributed by atoms with Crippen LogP contribution in [0.4, 0.5) is 0 Å². The summed E-state index contributed by atoms with van der Waals surface area (Å²) in [6.07, 6.45) is 2.20. The van der Waals surface area contributed by atoms with E-state index in [1.54, 1.807) is 49.0 Å². The molecule has 4 N–H and O–H groups in total. The molecule has 44 heavy (non-hydrogen) atoms. The highest BCUT2D eigenvalue weighted by Gasteiger charge is 2.43. The summed E-state index contributed by atoms with van der Waals surface area (Å²) >= 11 is 0. The first kappa shape index (κ1) is 28.7. The van der Waals surface area contributed by atoms with E-state index in [0.717, 1.165) is 11.1 Å². The van der Waals surface area contributed by atoms with Gasteiger partial charge in [0, 0.05) is 62.9 Å². The zero-order valence-corrected chi connectivity index (χ0v) is 24.2. The van der Waals surface area contributed by atoms with E-state index in [9.17, 15) is 24.6 Å². The van der Waals surface area contributed by atoms with Crippen LogP contribution in [0.1, 0.15) is 34.6 Å². The van der Waals surface area contributed by atoms with Gasteiger partial charge in [-0.1, -0.05) is 47.9 Å². The molecule has 220 valence electrons. The number of rotatable bonds is 3. The summed E-state index contributed by atoms with van der Waals surface area (Å²) in [4.78, 5) is 44.4. The third kappa shape index (κ3) is 5.07. The van der Waals surface area contributed by atoms with Gasteiger partial charge in [0.2, 0.25) is 17.0 Å². The maximum absolute atomic E-state index is 12.3. The average molecular weight is 588 g/mol. The van der Waals surface area contributed by atoms with Crippen LogP contribution in [-0.4, -0.2) is 85.5 Å². The van der Waals surface area contributed by atoms with E-state index in [1.165, 1.54) is 9.80 Å². The minimum atomic E-state index is -1.72. The van der Waals surface area contributed by atoms with Gasteiger partial charge in [0.1, 0.15) is 0 Å². The maximum Gasteiger partial charge on any atom is 0.285 e. The van der Waals surface area contributed by atoms with Gasteiger partial charge in [0.15, 0.2) is 0 Å². The number of aromatic nitrogens is 2. The third-order valence-electron chi connectivity index (χ3n) is 8.04. The number of benzene rings is 2. The number of nitrogens with two attached hydrogens (primary N) is 1. The molecule has 2 aromatic carbocycles. The lowest BCUT2D eigenvalue weighted by molar-refractivity contribution is -0.138. The lowest BCUT2D eigenvalue weighted by Crippen LogP contribution is -2.37. The summed E-state index contributed by atoms with van der Waals surface area (Å²) in [5, 5.41) is 21.4. The Kier molecular flexibility index (Phi) is 6.97. The van der Waals surface area contributed by atoms with Crippen LogP contribution in [0.5, 0.6) is 0 Å². The highest BCUT2D eigenvalue weighted by molar-refractivity contribution is 5.94. The van der Waals surface area contributed by atoms with Crippen molar-refractivity contribution in [1.29, 1.82) is 0 Å². The number of imidazole rings is 1. The fraction of sp³-hybridized carbons (Fsp3) is 0.235. The monoisotopic (exact) mass is 587 g/mol. The molecule has 2 atom stereocenters. The van der Waals surface area contributed by atoms with E-state index in [1.807, 2.05) is 36.4 Å². The Labute approximate surface area is 253 Å². The van der Waals surface area contributed by atoms with Crippen LogP contribution in [-0.2, 0) is 9.59 Å². The molecule has 0 spiro atoms. The van der Waals surface area contributed by atoms with Crippen LogP contribution in [0.15, 0.2) is 66.9 Å². The Morgan fingerprint density at radius 3 is 1.86 bits per heavy atom. The van der Waals surface area contributed by atoms with Crippen LogP contribution in [0.3, 0.4) is 0 Å². The molecule has 0 aliphatic carbocycles. The first-order chi connectivity index (χ1) is 21.0. The second-order valence-corrected chi connectivity index (χ2v) is 11.2. The van der Waals surface area contributed by atoms with Crippen molar-refractivity contribution in [2.75, 3.05) is 27.2 Å². The molecule has 2 aromatic heterocycles. The molecular weight excluding hydrogens is 558 g/mol. The second kappa shape index (κ2) is 10.7. The topological polar surface area (TPSA) is 141 Å². The number of primary amides is 1. The van der Waals surface area contributed by atoms with Crippen LogP contribution in [0.25, 0.3) is 27.9 Å². The van der Waals surface area contributed by atoms with E-state index < -0.39 is 28.9 Å². The number of pyridine rings is 1. The predicted octanol–water partition coefficient (Wildman–Crippen LogP) is 1.66. The summed E-state index contributed by atoms with van der Waals surface area (Å²) < 4.78 is 1.62. The van der Waals surface area contributed by atoms with Crippen molar-refractivity contribution in [3.63, 3.8) is 0 Å². The SMILES string of the molecule is CN1CCC(O)(C#Cc2cccc(-c3ccn4c(C(N)=O)nc(-c5cccc(C#CC6(O)CCN(C)C6=O)c5)c4c3)c2)C1=O. The smallest absolute Gasteiger partial charge is 0.285 e. The molecule has 4 aromatic rings. The number of likely N-dealkylation sites (tertiary alicyclic amines) is 2. The molecule has 2 aliphatic rings. The third-order valence-corrected chi connectivity index (χ3v) is 8.04. The van der Waals surface area contributed by atoms with Gasteiger partial charge in [0.25, 0.3) is 17.7 Å². The summed E-state index contributed by atoms with van der Waals surface area (Å²) in [5.74, 6) is 9.89. The van der Waals surface area contributed by atoms with E-state index in [4.69, 9.17) is 5.73 Å². The molecular formula is C34H29N5O5. The van der Waals surface area contributed by atoms with E-state index >= 15 is 0 Å². The molecule has 2 aliphatic heterocycles. The van der Waals surface area contributed by atoms with Crippen LogP contribution in [0, 0.1) is 23.7 Å². The van der Waals surface area contributed by atoms with Gasteiger partial charge >= 0.3 is 0 Å². The van der Waals surface area contributed by atoms with Gasteiger partial charge in [-0.15, -0.1) is 0 Å². The van der Waals surface area contributed by atoms with Crippen molar-refractivity contribution in [2.45, 2.75) is 24.0 Å². The minimum Gasteiger partial charge on any atom is -0.369 e. The Hall–Kier alpha value is -5.42. The fourth-order valence-corrected chi connectivity index (χ4v) is 5.46. The van der Waals surface area contributed by atoms with E-state index in [-0.39, 0.29) is 18.7 Å². The predicted molar refractivity (Wildman–Crippen MR) is 163 cm³/mol. The number of fused-ring (bicyclic) bond motifs is 1. The van der Waals surface area contributed by atoms with Gasteiger partial charge in [-0.2, -0.15) is 0 Å². The lowest BCUT2D eigenvalue weighted by Gasteiger charge is -2.13. The highest BCUT2D eigenvalue weighted by Crippen LogP contribution is 2.30. The Balaban J connectivity index is 1.38. The Morgan fingerprint density at radius 1 is 0.818 bits per heavy atom. The number of likely N-dealkylation sites (N-methyl/N-ethyl adjacent to an activating group) is 2. The molecule has 2 fully saturated rings. The summed E-state index contributed by atoms with van der Waals surface area (Å²) in [5.41, 5.74) is 6.88. The molecule has 2 saturated heterocycles. The number of amides is 3. The van der Waals surface area contributed by atoms with Gasteiger partial charge in [-0.05, 0) is 47.5 Å². The summed E-state index contributed by atoms with van der Waals surface area (Å²) in [6.45, 7) is 0.873. The van der Waals surface area contributed by atoms with Crippen molar-refractivity contribution < 1.29 is 24.6 Å². The maximum atomic E-state index is 12.3. The number of carbonyl (C=O) groups is 3. The number of carbonyl (C=O) groups excluding carboxylic acids is 3. The van der Waals surface area contributed by atoms with Gasteiger partial charge < -0.3 is 25.7 Å². The van der Waals surface area contributed by atoms with E-state index in [2.05, 4.69) is 28.7 Å². The average Bonchev–Trinajstić information content (AvgIpc) is 3.63. The fourth-order valence-electron chi connectivity index (χ4n) is 5.46. The number of nitrogens with zero attached hydrogens (tertiary/aromatic N) is 4. The number of hydrogen-bond acceptors (Lipinski definition) is 6. The molecule has 0 bridgehead atoms. The zero-order chi connectivity index (χ0) is 31.2. The van der Waals surface area contributed by atoms with Gasteiger partial charge in [-0.25, -0.2) is 4.98 Å². The molecule has 0 saturated carbocycles. The minimum absolute atomic E-state index is 0.0611. The van der Waals surface area contributed by atoms with Crippen molar-refractivity contribution in [2.24, 2.45) is 5.73 Å². The first-order valence-electron chi connectivity index (χ1n) is 14.0. The molecule has 3 amide bonds. The molecule has 10 nitrogen and oxygen atoms in total. The zero-order valence-electron chi connectivity index (χ0n) is 24.2. The number of hydrogen-bond donors (Lipinski definition) is 3. The summed E-state index contributed by atoms with van der Waals surface area (Å²) in [7, 11) is 3.26. The molecule has 2 unspecified atom stereocenters. The van der Waals surface area contributed by atoms with Gasteiger partial charge in [0.05, 0.1) is 11.2 Å². The Bertz CT molecular complexity index is 1990. The molecule has 6 rings (SSSR count). The quantitative estimate of drug-likeness (QED) is 0.312. The van der Waals surface area contributed by atoms with Crippen LogP contribution < -0.4 is 5.73 Å². The lowest BCUT2D eigenvalue weighted by atomic mass is 10.00. The highest BCUT2D eigenvalue weighted by atomic mass is 16.3. The normalized spacial score (nSPS) is 21.3. The van der Waals surface area contributed by atoms with Crippen molar-refractivity contribution >= 4 is 23.2 Å². The summed E-state index contributed by atoms with van der Waals surface area (Å²) in [6, 6.07) is 18.3. The standard InChI is InChI=1S/C34H29N5O5/c1-37-17-14-33(43,31(37)41)12-9-22-5-3-7-24(19-22)25-11-16-39-27(21-25)28(36-30(39)29(35)40)26-8-4-6-23(20-26)10-13-34(44)15-18-38(2)32(34)42/h3-8,11,16,19-21,43-44H,14-15,17-18H2,1-2H3,(H2,35,40). The van der Waals surface area contributed by atoms with Gasteiger partial charge in [-0.3, -0.25) is 18.8 Å². The first-order valence-corrected chi connectivity index (χ1v) is 14.0. The molecule has 0 radical (unpaired) electrons. The molecule has 10 heteroatoms. The second-order valence-electron chi connectivity index (χ2n) is 11.2. The van der Waals surface area contributed by atoms with Crippen molar-refractivity contribution in [3.05, 3.63) is 83.8 Å². The van der Waals surface area contributed by atoms with E-state index in [0.29, 0.717) is 41.0 Å². The van der Waals surface area contributed by atoms with Crippen LogP contribution >= 0.6 is 0 Å². The van der Waals surface area contributed by atoms with Crippen LogP contribution in [0.2, 0.25) is 0 Å². The molecule has 4 heterocycles. The Morgan fingerprint density at radius 2 is 1.34 bits per heavy atom.